The van der Waals surface area contributed by atoms with Gasteiger partial charge in [0.25, 0.3) is 0 Å². The third kappa shape index (κ3) is 2.45. The second-order valence-corrected chi connectivity index (χ2v) is 4.22. The minimum atomic E-state index is 0.961. The molecule has 1 saturated heterocycles. The number of fused-ring (bicyclic) bond motifs is 1. The first-order valence-electron chi connectivity index (χ1n) is 5.60. The van der Waals surface area contributed by atoms with E-state index < -0.39 is 0 Å². The summed E-state index contributed by atoms with van der Waals surface area (Å²) < 4.78 is 0. The minimum absolute atomic E-state index is 0.961. The van der Waals surface area contributed by atoms with Gasteiger partial charge in [-0.1, -0.05) is 6.08 Å². The van der Waals surface area contributed by atoms with Crippen LogP contribution >= 0.6 is 0 Å². The van der Waals surface area contributed by atoms with E-state index in [1.807, 2.05) is 6.20 Å². The van der Waals surface area contributed by atoms with Gasteiger partial charge in [0.1, 0.15) is 0 Å². The first kappa shape index (κ1) is 10.4. The fourth-order valence-electron chi connectivity index (χ4n) is 2.08. The maximum absolute atomic E-state index is 4.56. The van der Waals surface area contributed by atoms with E-state index in [9.17, 15) is 0 Å². The molecule has 0 bridgehead atoms. The summed E-state index contributed by atoms with van der Waals surface area (Å²) in [5.74, 6) is 0. The molecular formula is C13H18N2. The summed E-state index contributed by atoms with van der Waals surface area (Å²) in [6.07, 6.45) is 8.53. The average Bonchev–Trinajstić information content (AvgIpc) is 2.41. The molecule has 0 amide bonds. The molecule has 1 N–H and O–H groups in total. The number of rotatable bonds is 0. The molecule has 2 nitrogen and oxygen atoms in total. The van der Waals surface area contributed by atoms with Crippen LogP contribution in [0.15, 0.2) is 40.1 Å². The van der Waals surface area contributed by atoms with E-state index in [-0.39, 0.29) is 0 Å². The van der Waals surface area contributed by atoms with Gasteiger partial charge in [0, 0.05) is 18.5 Å². The van der Waals surface area contributed by atoms with Crippen LogP contribution < -0.4 is 5.32 Å². The van der Waals surface area contributed by atoms with E-state index in [2.05, 4.69) is 36.3 Å². The summed E-state index contributed by atoms with van der Waals surface area (Å²) in [4.78, 5) is 4.56. The molecule has 2 heteroatoms. The van der Waals surface area contributed by atoms with E-state index in [0.29, 0.717) is 0 Å². The summed E-state index contributed by atoms with van der Waals surface area (Å²) in [5.41, 5.74) is 5.27. The van der Waals surface area contributed by atoms with Gasteiger partial charge in [-0.05, 0) is 56.0 Å². The Balaban J connectivity index is 2.41. The van der Waals surface area contributed by atoms with Crippen LogP contribution in [0, 0.1) is 0 Å². The third-order valence-electron chi connectivity index (χ3n) is 2.91. The molecule has 0 saturated carbocycles. The molecule has 0 aromatic heterocycles. The van der Waals surface area contributed by atoms with Gasteiger partial charge in [-0.3, -0.25) is 4.99 Å². The predicted octanol–water partition coefficient (Wildman–Crippen LogP) is 2.60. The van der Waals surface area contributed by atoms with E-state index in [1.54, 1.807) is 0 Å². The minimum Gasteiger partial charge on any atom is -0.313 e. The van der Waals surface area contributed by atoms with Crippen molar-refractivity contribution in [3.8, 4) is 0 Å². The van der Waals surface area contributed by atoms with Gasteiger partial charge < -0.3 is 5.32 Å². The zero-order chi connectivity index (χ0) is 10.7. The Morgan fingerprint density at radius 3 is 3.07 bits per heavy atom. The lowest BCUT2D eigenvalue weighted by molar-refractivity contribution is 0.725. The molecule has 0 aromatic carbocycles. The lowest BCUT2D eigenvalue weighted by Crippen LogP contribution is -2.18. The van der Waals surface area contributed by atoms with Crippen LogP contribution in [0.3, 0.4) is 0 Å². The quantitative estimate of drug-likeness (QED) is 0.641. The molecule has 0 aliphatic carbocycles. The molecule has 0 unspecified atom stereocenters. The fraction of sp³-hybridized carbons (Fsp3) is 0.462. The van der Waals surface area contributed by atoms with Gasteiger partial charge in [-0.15, -0.1) is 0 Å². The summed E-state index contributed by atoms with van der Waals surface area (Å²) >= 11 is 0. The number of allylic oxidation sites excluding steroid dienone is 4. The van der Waals surface area contributed by atoms with Crippen LogP contribution in [0.1, 0.15) is 26.7 Å². The van der Waals surface area contributed by atoms with Crippen molar-refractivity contribution in [1.82, 2.24) is 5.32 Å². The monoisotopic (exact) mass is 202 g/mol. The van der Waals surface area contributed by atoms with Crippen LogP contribution in [0.2, 0.25) is 0 Å². The maximum Gasteiger partial charge on any atom is 0.0451 e. The van der Waals surface area contributed by atoms with Gasteiger partial charge in [-0.25, -0.2) is 0 Å². The second-order valence-electron chi connectivity index (χ2n) is 4.22. The van der Waals surface area contributed by atoms with Crippen LogP contribution in [-0.4, -0.2) is 18.8 Å². The first-order chi connectivity index (χ1) is 7.27. The highest BCUT2D eigenvalue weighted by Gasteiger charge is 2.13. The summed E-state index contributed by atoms with van der Waals surface area (Å²) in [6.45, 7) is 6.36. The van der Waals surface area contributed by atoms with Crippen LogP contribution in [0.5, 0.6) is 0 Å². The Bertz CT molecular complexity index is 370. The number of nitrogens with one attached hydrogen (secondary N) is 1. The van der Waals surface area contributed by atoms with Gasteiger partial charge in [0.15, 0.2) is 0 Å². The third-order valence-corrected chi connectivity index (χ3v) is 2.91. The molecular weight excluding hydrogens is 184 g/mol. The van der Waals surface area contributed by atoms with Crippen molar-refractivity contribution in [3.05, 3.63) is 35.1 Å². The van der Waals surface area contributed by atoms with Crippen LogP contribution in [-0.2, 0) is 0 Å². The average molecular weight is 202 g/mol. The second kappa shape index (κ2) is 4.58. The van der Waals surface area contributed by atoms with E-state index in [1.165, 1.54) is 28.9 Å². The van der Waals surface area contributed by atoms with Gasteiger partial charge in [-0.2, -0.15) is 0 Å². The molecule has 2 aliphatic heterocycles. The smallest absolute Gasteiger partial charge is 0.0451 e. The Morgan fingerprint density at radius 1 is 1.33 bits per heavy atom. The maximum atomic E-state index is 4.56. The predicted molar refractivity (Wildman–Crippen MR) is 65.1 cm³/mol. The summed E-state index contributed by atoms with van der Waals surface area (Å²) in [6, 6.07) is 0. The molecule has 0 atom stereocenters. The van der Waals surface area contributed by atoms with Crippen molar-refractivity contribution < 1.29 is 0 Å². The zero-order valence-corrected chi connectivity index (χ0v) is 9.51. The highest BCUT2D eigenvalue weighted by molar-refractivity contribution is 6.02. The molecule has 1 fully saturated rings. The van der Waals surface area contributed by atoms with E-state index in [4.69, 9.17) is 0 Å². The van der Waals surface area contributed by atoms with Gasteiger partial charge >= 0.3 is 0 Å². The highest BCUT2D eigenvalue weighted by Crippen LogP contribution is 2.17. The molecule has 0 aromatic rings. The van der Waals surface area contributed by atoms with Crippen molar-refractivity contribution in [1.29, 1.82) is 0 Å². The molecule has 80 valence electrons. The SMILES string of the molecule is CC1=C/C(C)=C2\CNCCC\C2=N/C=C\1. The largest absolute Gasteiger partial charge is 0.313 e. The Kier molecular flexibility index (Phi) is 3.17. The molecule has 2 aliphatic rings. The van der Waals surface area contributed by atoms with Crippen molar-refractivity contribution in [2.24, 2.45) is 4.99 Å². The van der Waals surface area contributed by atoms with E-state index in [0.717, 1.165) is 19.5 Å². The molecule has 2 heterocycles. The number of nitrogens with zero attached hydrogens (tertiary/aromatic N) is 1. The first-order valence-corrected chi connectivity index (χ1v) is 5.60. The number of hydrogen-bond acceptors (Lipinski definition) is 2. The van der Waals surface area contributed by atoms with Crippen molar-refractivity contribution in [2.45, 2.75) is 26.7 Å². The number of aliphatic imine (C=N–C) groups is 1. The summed E-state index contributed by atoms with van der Waals surface area (Å²) in [7, 11) is 0. The Morgan fingerprint density at radius 2 is 2.20 bits per heavy atom. The van der Waals surface area contributed by atoms with Gasteiger partial charge in [0.2, 0.25) is 0 Å². The molecule has 2 rings (SSSR count). The van der Waals surface area contributed by atoms with Crippen molar-refractivity contribution >= 4 is 5.71 Å². The highest BCUT2D eigenvalue weighted by atomic mass is 14.9. The van der Waals surface area contributed by atoms with Crippen LogP contribution in [0.4, 0.5) is 0 Å². The molecule has 0 radical (unpaired) electrons. The Hall–Kier alpha value is -1.15. The topological polar surface area (TPSA) is 24.4 Å². The fourth-order valence-corrected chi connectivity index (χ4v) is 2.08. The van der Waals surface area contributed by atoms with E-state index >= 15 is 0 Å². The lowest BCUT2D eigenvalue weighted by Gasteiger charge is -2.11. The molecule has 0 spiro atoms. The number of hydrogen-bond donors (Lipinski definition) is 1. The normalized spacial score (nSPS) is 36.1. The standard InChI is InChI=1S/C13H18N2/c1-10-5-7-15-13-4-3-6-14-9-12(13)11(2)8-10/h5,7-8,14H,3-4,6,9H2,1-2H3/b7-5-,10-5?,10-8-,11-8?,12-11+,15-7?,15-13+. The van der Waals surface area contributed by atoms with Crippen molar-refractivity contribution in [3.63, 3.8) is 0 Å². The summed E-state index contributed by atoms with van der Waals surface area (Å²) in [5, 5.41) is 3.45. The zero-order valence-electron chi connectivity index (χ0n) is 9.51. The molecule has 15 heavy (non-hydrogen) atoms. The van der Waals surface area contributed by atoms with Crippen LogP contribution in [0.25, 0.3) is 0 Å². The lowest BCUT2D eigenvalue weighted by atomic mass is 9.99. The van der Waals surface area contributed by atoms with Gasteiger partial charge in [0.05, 0.1) is 0 Å². The Labute approximate surface area is 91.5 Å². The van der Waals surface area contributed by atoms with Crippen molar-refractivity contribution in [2.75, 3.05) is 13.1 Å².